The summed E-state index contributed by atoms with van der Waals surface area (Å²) < 4.78 is 3.96. The molecule has 1 aromatic heterocycles. The van der Waals surface area contributed by atoms with E-state index in [0.717, 1.165) is 16.0 Å². The van der Waals surface area contributed by atoms with Crippen molar-refractivity contribution in [2.24, 2.45) is 0 Å². The van der Waals surface area contributed by atoms with Gasteiger partial charge in [0, 0.05) is 0 Å². The standard InChI is InChI=1S/C6H9BrN5.Tl/c1-10-12-5-3(7)2-4(8)11-6(5)9;/h2,10,12H,1H3,(H3-,8,9,11);/q-1;+1. The number of hydrogen-bond acceptors (Lipinski definition) is 5. The SMILES string of the molecule is CNNc1c(Br)cc([NH][Tl])nc1N. The molecule has 5 N–H and O–H groups in total. The van der Waals surface area contributed by atoms with Gasteiger partial charge in [-0.25, -0.2) is 0 Å². The van der Waals surface area contributed by atoms with Crippen LogP contribution in [0, 0.1) is 0 Å². The molecule has 7 heteroatoms. The molecule has 0 bridgehead atoms. The van der Waals surface area contributed by atoms with E-state index in [1.54, 1.807) is 7.05 Å². The van der Waals surface area contributed by atoms with Crippen molar-refractivity contribution < 1.29 is 0 Å². The monoisotopic (exact) mass is 435 g/mol. The number of nitrogens with two attached hydrogens (primary N) is 1. The van der Waals surface area contributed by atoms with E-state index in [0.29, 0.717) is 31.9 Å². The number of nitrogens with zero attached hydrogens (tertiary/aromatic N) is 1. The van der Waals surface area contributed by atoms with Gasteiger partial charge in [-0.05, 0) is 0 Å². The summed E-state index contributed by atoms with van der Waals surface area (Å²) in [6.07, 6.45) is 0. The van der Waals surface area contributed by atoms with Crippen molar-refractivity contribution in [3.8, 4) is 0 Å². The molecule has 0 aliphatic carbocycles. The van der Waals surface area contributed by atoms with E-state index in [-0.39, 0.29) is 0 Å². The summed E-state index contributed by atoms with van der Waals surface area (Å²) in [6, 6.07) is 1.88. The number of nitrogen functional groups attached to an aromatic ring is 1. The Morgan fingerprint density at radius 2 is 2.31 bits per heavy atom. The van der Waals surface area contributed by atoms with Gasteiger partial charge in [-0.1, -0.05) is 0 Å². The van der Waals surface area contributed by atoms with Crippen molar-refractivity contribution >= 4 is 59.3 Å². The van der Waals surface area contributed by atoms with Gasteiger partial charge in [-0.3, -0.25) is 0 Å². The molecule has 0 saturated heterocycles. The Morgan fingerprint density at radius 3 is 2.77 bits per heavy atom. The topological polar surface area (TPSA) is 75.0 Å². The number of hydrogen-bond donors (Lipinski definition) is 4. The fraction of sp³-hybridized carbons (Fsp3) is 0.167. The minimum atomic E-state index is 0.465. The molecule has 13 heavy (non-hydrogen) atoms. The number of hydrazine groups is 1. The molecule has 0 saturated carbocycles. The zero-order valence-corrected chi connectivity index (χ0v) is 13.1. The molecule has 0 aromatic carbocycles. The summed E-state index contributed by atoms with van der Waals surface area (Å²) >= 11 is 4.05. The Kier molecular flexibility index (Phi) is 4.19. The summed E-state index contributed by atoms with van der Waals surface area (Å²) in [6.45, 7) is 0. The fourth-order valence-electron chi connectivity index (χ4n) is 0.855. The number of anilines is 3. The van der Waals surface area contributed by atoms with Crippen LogP contribution < -0.4 is 19.7 Å². The zero-order chi connectivity index (χ0) is 9.84. The zero-order valence-electron chi connectivity index (χ0n) is 7.06. The van der Waals surface area contributed by atoms with Crippen LogP contribution in [0.5, 0.6) is 0 Å². The van der Waals surface area contributed by atoms with Crippen LogP contribution in [0.3, 0.4) is 0 Å². The van der Waals surface area contributed by atoms with Crippen LogP contribution in [0.2, 0.25) is 0 Å². The second kappa shape index (κ2) is 4.96. The Bertz CT molecular complexity index is 282. The van der Waals surface area contributed by atoms with Crippen molar-refractivity contribution in [1.29, 1.82) is 0 Å². The maximum absolute atomic E-state index is 5.72. The first-order valence-electron chi connectivity index (χ1n) is 3.54. The second-order valence-corrected chi connectivity index (χ2v) is 4.25. The van der Waals surface area contributed by atoms with Gasteiger partial charge in [-0.2, -0.15) is 0 Å². The summed E-state index contributed by atoms with van der Waals surface area (Å²) in [5.41, 5.74) is 12.2. The van der Waals surface area contributed by atoms with Crippen LogP contribution in [-0.2, 0) is 0 Å². The van der Waals surface area contributed by atoms with Crippen LogP contribution in [0.1, 0.15) is 0 Å². The molecule has 0 fully saturated rings. The Morgan fingerprint density at radius 1 is 1.62 bits per heavy atom. The van der Waals surface area contributed by atoms with Crippen molar-refractivity contribution in [1.82, 2.24) is 10.4 Å². The molecule has 68 valence electrons. The average Bonchev–Trinajstić information content (AvgIpc) is 2.11. The van der Waals surface area contributed by atoms with Gasteiger partial charge < -0.3 is 0 Å². The average molecular weight is 435 g/mol. The van der Waals surface area contributed by atoms with E-state index >= 15 is 0 Å². The quantitative estimate of drug-likeness (QED) is 0.410. The van der Waals surface area contributed by atoms with E-state index in [1.807, 2.05) is 6.07 Å². The van der Waals surface area contributed by atoms with Crippen molar-refractivity contribution in [3.05, 3.63) is 10.5 Å². The Hall–Kier alpha value is -0.0879. The van der Waals surface area contributed by atoms with Gasteiger partial charge in [0.1, 0.15) is 0 Å². The van der Waals surface area contributed by atoms with Crippen molar-refractivity contribution in [2.45, 2.75) is 0 Å². The molecular weight excluding hydrogens is 426 g/mol. The van der Waals surface area contributed by atoms with Gasteiger partial charge in [0.25, 0.3) is 0 Å². The van der Waals surface area contributed by atoms with Gasteiger partial charge in [-0.15, -0.1) is 0 Å². The van der Waals surface area contributed by atoms with Crippen LogP contribution in [0.15, 0.2) is 10.5 Å². The summed E-state index contributed by atoms with van der Waals surface area (Å²) in [5.74, 6) is 1.27. The number of halogens is 1. The molecule has 5 nitrogen and oxygen atoms in total. The van der Waals surface area contributed by atoms with Crippen LogP contribution in [0.25, 0.3) is 0 Å². The minimum absolute atomic E-state index is 0.465. The molecule has 0 radical (unpaired) electrons. The fourth-order valence-corrected chi connectivity index (χ4v) is 1.95. The predicted molar refractivity (Wildman–Crippen MR) is 58.4 cm³/mol. The van der Waals surface area contributed by atoms with Gasteiger partial charge in [0.15, 0.2) is 0 Å². The maximum atomic E-state index is 5.72. The first kappa shape index (κ1) is 11.0. The summed E-state index contributed by atoms with van der Waals surface area (Å²) in [4.78, 5) is 4.15. The molecule has 0 unspecified atom stereocenters. The third kappa shape index (κ3) is 2.68. The van der Waals surface area contributed by atoms with Gasteiger partial charge in [0.2, 0.25) is 0 Å². The van der Waals surface area contributed by atoms with Crippen LogP contribution in [0.4, 0.5) is 17.3 Å². The normalized spacial score (nSPS) is 9.62. The number of pyridine rings is 1. The Labute approximate surface area is 101 Å². The Balaban J connectivity index is 3.07. The third-order valence-electron chi connectivity index (χ3n) is 1.40. The molecular formula is C6H9BrN5Tl. The molecule has 1 rings (SSSR count). The molecule has 0 aliphatic heterocycles. The molecule has 0 atom stereocenters. The predicted octanol–water partition coefficient (Wildman–Crippen LogP) is 0.468. The van der Waals surface area contributed by atoms with Crippen molar-refractivity contribution in [3.63, 3.8) is 0 Å². The van der Waals surface area contributed by atoms with E-state index in [1.165, 1.54) is 0 Å². The summed E-state index contributed by atoms with van der Waals surface area (Å²) in [5, 5.41) is 0. The first-order chi connectivity index (χ1) is 6.19. The van der Waals surface area contributed by atoms with Gasteiger partial charge in [0.05, 0.1) is 0 Å². The van der Waals surface area contributed by atoms with Crippen LogP contribution >= 0.6 is 15.9 Å². The summed E-state index contributed by atoms with van der Waals surface area (Å²) in [7, 11) is 1.77. The molecule has 0 aliphatic rings. The molecule has 1 aromatic rings. The van der Waals surface area contributed by atoms with E-state index in [2.05, 4.69) is 34.9 Å². The van der Waals surface area contributed by atoms with Crippen molar-refractivity contribution in [2.75, 3.05) is 21.3 Å². The second-order valence-electron chi connectivity index (χ2n) is 2.27. The van der Waals surface area contributed by atoms with Crippen LogP contribution in [-0.4, -0.2) is 38.1 Å². The molecule has 0 amide bonds. The van der Waals surface area contributed by atoms with E-state index in [9.17, 15) is 0 Å². The number of nitrogens with one attached hydrogen (secondary N) is 3. The van der Waals surface area contributed by atoms with E-state index < -0.39 is 0 Å². The number of aromatic nitrogens is 1. The van der Waals surface area contributed by atoms with Gasteiger partial charge >= 0.3 is 102 Å². The molecule has 0 spiro atoms. The third-order valence-corrected chi connectivity index (χ3v) is 3.17. The molecule has 1 heterocycles. The number of rotatable bonds is 3. The van der Waals surface area contributed by atoms with E-state index in [4.69, 9.17) is 5.73 Å². The first-order valence-corrected chi connectivity index (χ1v) is 6.58.